The molecule has 0 aliphatic carbocycles. The van der Waals surface area contributed by atoms with Crippen molar-refractivity contribution in [2.45, 2.75) is 19.9 Å². The van der Waals surface area contributed by atoms with E-state index in [1.165, 1.54) is 0 Å². The number of aryl methyl sites for hydroxylation is 1. The van der Waals surface area contributed by atoms with Crippen molar-refractivity contribution in [1.29, 1.82) is 0 Å². The fourth-order valence-corrected chi connectivity index (χ4v) is 1.45. The number of carbonyl (C=O) groups is 1. The lowest BCUT2D eigenvalue weighted by Crippen LogP contribution is -2.27. The highest BCUT2D eigenvalue weighted by Crippen LogP contribution is 1.93. The van der Waals surface area contributed by atoms with Gasteiger partial charge in [0.1, 0.15) is 5.82 Å². The second-order valence-corrected chi connectivity index (χ2v) is 3.64. The lowest BCUT2D eigenvalue weighted by Gasteiger charge is -2.03. The summed E-state index contributed by atoms with van der Waals surface area (Å²) in [6.45, 7) is 3.25. The maximum Gasteiger partial charge on any atom is 0.291 e. The molecule has 0 fully saturated rings. The first-order valence-electron chi connectivity index (χ1n) is 5.60. The van der Waals surface area contributed by atoms with Crippen LogP contribution in [0.5, 0.6) is 0 Å². The zero-order chi connectivity index (χ0) is 12.1. The Bertz CT molecular complexity index is 474. The molecule has 0 aromatic carbocycles. The molecule has 17 heavy (non-hydrogen) atoms. The summed E-state index contributed by atoms with van der Waals surface area (Å²) >= 11 is 0. The monoisotopic (exact) mass is 233 g/mol. The van der Waals surface area contributed by atoms with Gasteiger partial charge in [-0.15, -0.1) is 5.10 Å². The molecule has 2 rings (SSSR count). The van der Waals surface area contributed by atoms with Gasteiger partial charge in [-0.05, 0) is 12.1 Å². The average molecular weight is 233 g/mol. The standard InChI is InChI=1S/C11H15N5O/c1-2-9-13-10(15-14-9)11(17)12-5-8-16-6-3-4-7-16/h3-4,6-7H,2,5,8H2,1H3,(H,12,17)(H,13,14,15). The minimum atomic E-state index is -0.242. The highest BCUT2D eigenvalue weighted by atomic mass is 16.2. The summed E-state index contributed by atoms with van der Waals surface area (Å²) in [5, 5.41) is 9.33. The molecule has 0 radical (unpaired) electrons. The van der Waals surface area contributed by atoms with Gasteiger partial charge in [-0.25, -0.2) is 4.98 Å². The van der Waals surface area contributed by atoms with E-state index in [9.17, 15) is 4.79 Å². The lowest BCUT2D eigenvalue weighted by molar-refractivity contribution is 0.0942. The number of hydrogen-bond acceptors (Lipinski definition) is 3. The molecule has 0 aliphatic heterocycles. The Morgan fingerprint density at radius 3 is 2.88 bits per heavy atom. The zero-order valence-corrected chi connectivity index (χ0v) is 9.68. The minimum absolute atomic E-state index is 0.203. The van der Waals surface area contributed by atoms with Crippen LogP contribution in [0.1, 0.15) is 23.4 Å². The average Bonchev–Trinajstić information content (AvgIpc) is 2.99. The molecular weight excluding hydrogens is 218 g/mol. The van der Waals surface area contributed by atoms with Gasteiger partial charge in [0.2, 0.25) is 5.82 Å². The van der Waals surface area contributed by atoms with Crippen molar-refractivity contribution in [1.82, 2.24) is 25.1 Å². The first-order valence-corrected chi connectivity index (χ1v) is 5.60. The van der Waals surface area contributed by atoms with Crippen LogP contribution in [0.25, 0.3) is 0 Å². The van der Waals surface area contributed by atoms with Crippen molar-refractivity contribution in [3.63, 3.8) is 0 Å². The minimum Gasteiger partial charge on any atom is -0.353 e. The third-order valence-electron chi connectivity index (χ3n) is 2.39. The van der Waals surface area contributed by atoms with Crippen LogP contribution in [-0.2, 0) is 13.0 Å². The molecule has 2 heterocycles. The molecule has 2 aromatic heterocycles. The number of nitrogens with one attached hydrogen (secondary N) is 2. The fourth-order valence-electron chi connectivity index (χ4n) is 1.45. The van der Waals surface area contributed by atoms with Crippen LogP contribution >= 0.6 is 0 Å². The molecule has 2 aromatic rings. The normalized spacial score (nSPS) is 10.4. The largest absolute Gasteiger partial charge is 0.353 e. The molecular formula is C11H15N5O. The van der Waals surface area contributed by atoms with Crippen molar-refractivity contribution < 1.29 is 4.79 Å². The molecule has 0 aliphatic rings. The van der Waals surface area contributed by atoms with E-state index < -0.39 is 0 Å². The SMILES string of the molecule is CCc1nc(C(=O)NCCn2cccc2)n[nH]1. The van der Waals surface area contributed by atoms with Crippen LogP contribution in [0.3, 0.4) is 0 Å². The number of H-pyrrole nitrogens is 1. The molecule has 0 unspecified atom stereocenters. The van der Waals surface area contributed by atoms with Crippen LogP contribution in [-0.4, -0.2) is 32.2 Å². The molecule has 6 nitrogen and oxygen atoms in total. The Morgan fingerprint density at radius 1 is 1.47 bits per heavy atom. The van der Waals surface area contributed by atoms with Gasteiger partial charge in [0.05, 0.1) is 0 Å². The van der Waals surface area contributed by atoms with Gasteiger partial charge in [-0.3, -0.25) is 9.89 Å². The van der Waals surface area contributed by atoms with Crippen molar-refractivity contribution in [3.05, 3.63) is 36.2 Å². The highest BCUT2D eigenvalue weighted by Gasteiger charge is 2.10. The van der Waals surface area contributed by atoms with Gasteiger partial charge in [0.25, 0.3) is 5.91 Å². The van der Waals surface area contributed by atoms with E-state index in [1.54, 1.807) is 0 Å². The predicted octanol–water partition coefficient (Wildman–Crippen LogP) is 0.599. The molecule has 90 valence electrons. The Hall–Kier alpha value is -2.11. The second-order valence-electron chi connectivity index (χ2n) is 3.64. The topological polar surface area (TPSA) is 75.6 Å². The van der Waals surface area contributed by atoms with Crippen molar-refractivity contribution in [2.75, 3.05) is 6.54 Å². The molecule has 0 bridgehead atoms. The van der Waals surface area contributed by atoms with Gasteiger partial charge >= 0.3 is 0 Å². The highest BCUT2D eigenvalue weighted by molar-refractivity contribution is 5.90. The van der Waals surface area contributed by atoms with E-state index in [4.69, 9.17) is 0 Å². The van der Waals surface area contributed by atoms with Crippen molar-refractivity contribution >= 4 is 5.91 Å². The second kappa shape index (κ2) is 5.29. The van der Waals surface area contributed by atoms with E-state index in [2.05, 4.69) is 20.5 Å². The molecule has 6 heteroatoms. The van der Waals surface area contributed by atoms with Gasteiger partial charge in [0, 0.05) is 31.9 Å². The predicted molar refractivity (Wildman–Crippen MR) is 62.5 cm³/mol. The van der Waals surface area contributed by atoms with Crippen LogP contribution in [0, 0.1) is 0 Å². The summed E-state index contributed by atoms with van der Waals surface area (Å²) in [5.41, 5.74) is 0. The Labute approximate surface area is 99.1 Å². The van der Waals surface area contributed by atoms with Crippen LogP contribution in [0.2, 0.25) is 0 Å². The van der Waals surface area contributed by atoms with Gasteiger partial charge in [0.15, 0.2) is 0 Å². The number of rotatable bonds is 5. The van der Waals surface area contributed by atoms with E-state index in [-0.39, 0.29) is 11.7 Å². The summed E-state index contributed by atoms with van der Waals surface area (Å²) < 4.78 is 2.00. The summed E-state index contributed by atoms with van der Waals surface area (Å²) in [6, 6.07) is 3.90. The summed E-state index contributed by atoms with van der Waals surface area (Å²) in [7, 11) is 0. The number of aromatic nitrogens is 4. The van der Waals surface area contributed by atoms with Crippen LogP contribution in [0.4, 0.5) is 0 Å². The third-order valence-corrected chi connectivity index (χ3v) is 2.39. The number of aromatic amines is 1. The van der Waals surface area contributed by atoms with Crippen LogP contribution in [0.15, 0.2) is 24.5 Å². The maximum atomic E-state index is 11.6. The van der Waals surface area contributed by atoms with Crippen molar-refractivity contribution in [2.24, 2.45) is 0 Å². The molecule has 1 amide bonds. The van der Waals surface area contributed by atoms with Gasteiger partial charge in [-0.2, -0.15) is 0 Å². The smallest absolute Gasteiger partial charge is 0.291 e. The summed E-state index contributed by atoms with van der Waals surface area (Å²) in [4.78, 5) is 15.7. The van der Waals surface area contributed by atoms with E-state index in [0.717, 1.165) is 18.8 Å². The Balaban J connectivity index is 1.81. The summed E-state index contributed by atoms with van der Waals surface area (Å²) in [6.07, 6.45) is 4.64. The molecule has 2 N–H and O–H groups in total. The van der Waals surface area contributed by atoms with E-state index in [0.29, 0.717) is 6.54 Å². The molecule has 0 atom stereocenters. The Morgan fingerprint density at radius 2 is 2.24 bits per heavy atom. The number of carbonyl (C=O) groups excluding carboxylic acids is 1. The van der Waals surface area contributed by atoms with Gasteiger partial charge in [-0.1, -0.05) is 6.92 Å². The molecule has 0 spiro atoms. The van der Waals surface area contributed by atoms with E-state index >= 15 is 0 Å². The zero-order valence-electron chi connectivity index (χ0n) is 9.68. The van der Waals surface area contributed by atoms with Crippen LogP contribution < -0.4 is 5.32 Å². The number of nitrogens with zero attached hydrogens (tertiary/aromatic N) is 3. The Kier molecular flexibility index (Phi) is 3.54. The maximum absolute atomic E-state index is 11.6. The first-order chi connectivity index (χ1) is 8.29. The van der Waals surface area contributed by atoms with E-state index in [1.807, 2.05) is 36.0 Å². The van der Waals surface area contributed by atoms with Gasteiger partial charge < -0.3 is 9.88 Å². The third kappa shape index (κ3) is 2.93. The fraction of sp³-hybridized carbons (Fsp3) is 0.364. The number of amides is 1. The molecule has 0 saturated heterocycles. The molecule has 0 saturated carbocycles. The lowest BCUT2D eigenvalue weighted by atomic mass is 10.4. The first kappa shape index (κ1) is 11.4. The summed E-state index contributed by atoms with van der Waals surface area (Å²) in [5.74, 6) is 0.683. The quantitative estimate of drug-likeness (QED) is 0.794. The van der Waals surface area contributed by atoms with Crippen molar-refractivity contribution in [3.8, 4) is 0 Å². The number of hydrogen-bond donors (Lipinski definition) is 2.